The number of rotatable bonds is 3. The van der Waals surface area contributed by atoms with E-state index in [-0.39, 0.29) is 29.4 Å². The average Bonchev–Trinajstić information content (AvgIpc) is 2.93. The number of piperazine rings is 1. The molecule has 1 unspecified atom stereocenters. The fourth-order valence-electron chi connectivity index (χ4n) is 3.14. The van der Waals surface area contributed by atoms with E-state index >= 15 is 0 Å². The summed E-state index contributed by atoms with van der Waals surface area (Å²) >= 11 is 0. The fourth-order valence-corrected chi connectivity index (χ4v) is 4.81. The zero-order valence-electron chi connectivity index (χ0n) is 14.1. The molecule has 9 heteroatoms. The second-order valence-corrected chi connectivity index (χ2v) is 8.70. The van der Waals surface area contributed by atoms with Gasteiger partial charge in [-0.3, -0.25) is 9.59 Å². The summed E-state index contributed by atoms with van der Waals surface area (Å²) in [6.45, 7) is 3.61. The van der Waals surface area contributed by atoms with Crippen LogP contribution in [-0.4, -0.2) is 78.7 Å². The van der Waals surface area contributed by atoms with Crippen molar-refractivity contribution < 1.29 is 18.0 Å². The highest BCUT2D eigenvalue weighted by molar-refractivity contribution is 7.91. The second-order valence-electron chi connectivity index (χ2n) is 6.47. The maximum absolute atomic E-state index is 12.5. The molecule has 8 nitrogen and oxygen atoms in total. The van der Waals surface area contributed by atoms with Crippen LogP contribution in [0.5, 0.6) is 0 Å². The van der Waals surface area contributed by atoms with Crippen LogP contribution < -0.4 is 5.32 Å². The summed E-state index contributed by atoms with van der Waals surface area (Å²) in [5.41, 5.74) is 1.06. The molecule has 0 bridgehead atoms. The Morgan fingerprint density at radius 3 is 2.36 bits per heavy atom. The fraction of sp³-hybridized carbons (Fsp3) is 0.562. The van der Waals surface area contributed by atoms with E-state index in [1.165, 1.54) is 6.92 Å². The molecule has 0 saturated carbocycles. The minimum atomic E-state index is -2.93. The molecule has 2 amide bonds. The average molecular weight is 366 g/mol. The molecule has 3 heterocycles. The molecule has 136 valence electrons. The Labute approximate surface area is 147 Å². The van der Waals surface area contributed by atoms with E-state index in [2.05, 4.69) is 10.3 Å². The van der Waals surface area contributed by atoms with E-state index in [0.29, 0.717) is 44.0 Å². The lowest BCUT2D eigenvalue weighted by atomic mass is 10.2. The Kier molecular flexibility index (Phi) is 4.94. The number of carbonyl (C=O) groups is 2. The van der Waals surface area contributed by atoms with Crippen LogP contribution in [0.25, 0.3) is 0 Å². The Balaban J connectivity index is 1.57. The maximum Gasteiger partial charge on any atom is 0.272 e. The van der Waals surface area contributed by atoms with Crippen LogP contribution in [0.2, 0.25) is 0 Å². The van der Waals surface area contributed by atoms with Crippen LogP contribution in [0.15, 0.2) is 18.3 Å². The van der Waals surface area contributed by atoms with Gasteiger partial charge in [-0.05, 0) is 18.6 Å². The molecule has 3 rings (SSSR count). The number of aromatic nitrogens is 1. The van der Waals surface area contributed by atoms with Crippen LogP contribution in [0.4, 0.5) is 5.69 Å². The van der Waals surface area contributed by atoms with E-state index in [1.54, 1.807) is 28.1 Å². The number of amides is 2. The van der Waals surface area contributed by atoms with Crippen molar-refractivity contribution in [2.75, 3.05) is 43.0 Å². The zero-order valence-corrected chi connectivity index (χ0v) is 15.0. The van der Waals surface area contributed by atoms with Crippen molar-refractivity contribution in [3.05, 3.63) is 24.0 Å². The SMILES string of the molecule is CC(=O)N1CCN(C(=O)c2ccc(NC3CCS(=O)(=O)C3)cn2)CC1. The summed E-state index contributed by atoms with van der Waals surface area (Å²) < 4.78 is 23.0. The van der Waals surface area contributed by atoms with Crippen LogP contribution >= 0.6 is 0 Å². The third kappa shape index (κ3) is 4.28. The molecule has 2 saturated heterocycles. The van der Waals surface area contributed by atoms with Crippen LogP contribution in [0, 0.1) is 0 Å². The Bertz CT molecular complexity index is 755. The van der Waals surface area contributed by atoms with Gasteiger partial charge in [0.2, 0.25) is 5.91 Å². The number of hydrogen-bond acceptors (Lipinski definition) is 6. The Morgan fingerprint density at radius 1 is 1.16 bits per heavy atom. The molecule has 25 heavy (non-hydrogen) atoms. The van der Waals surface area contributed by atoms with Crippen LogP contribution in [0.1, 0.15) is 23.8 Å². The maximum atomic E-state index is 12.5. The minimum Gasteiger partial charge on any atom is -0.380 e. The smallest absolute Gasteiger partial charge is 0.272 e. The predicted octanol–water partition coefficient (Wildman–Crippen LogP) is -0.0151. The van der Waals surface area contributed by atoms with E-state index in [4.69, 9.17) is 0 Å². The van der Waals surface area contributed by atoms with Crippen molar-refractivity contribution in [2.45, 2.75) is 19.4 Å². The van der Waals surface area contributed by atoms with Gasteiger partial charge in [0.15, 0.2) is 9.84 Å². The van der Waals surface area contributed by atoms with E-state index in [0.717, 1.165) is 0 Å². The monoisotopic (exact) mass is 366 g/mol. The third-order valence-corrected chi connectivity index (χ3v) is 6.37. The summed E-state index contributed by atoms with van der Waals surface area (Å²) in [6.07, 6.45) is 2.15. The molecule has 0 spiro atoms. The lowest BCUT2D eigenvalue weighted by Crippen LogP contribution is -2.50. The van der Waals surface area contributed by atoms with Crippen molar-refractivity contribution >= 4 is 27.3 Å². The topological polar surface area (TPSA) is 99.7 Å². The zero-order chi connectivity index (χ0) is 18.0. The van der Waals surface area contributed by atoms with Crippen molar-refractivity contribution in [1.82, 2.24) is 14.8 Å². The minimum absolute atomic E-state index is 0.0228. The predicted molar refractivity (Wildman–Crippen MR) is 93.1 cm³/mol. The van der Waals surface area contributed by atoms with Crippen molar-refractivity contribution in [3.63, 3.8) is 0 Å². The summed E-state index contributed by atoms with van der Waals surface area (Å²) in [5.74, 6) is 0.211. The molecular weight excluding hydrogens is 344 g/mol. The number of pyridine rings is 1. The van der Waals surface area contributed by atoms with Crippen molar-refractivity contribution in [1.29, 1.82) is 0 Å². The molecule has 2 aliphatic heterocycles. The van der Waals surface area contributed by atoms with Gasteiger partial charge in [-0.15, -0.1) is 0 Å². The molecular formula is C16H22N4O4S. The van der Waals surface area contributed by atoms with Crippen LogP contribution in [0.3, 0.4) is 0 Å². The van der Waals surface area contributed by atoms with Gasteiger partial charge in [0.25, 0.3) is 5.91 Å². The lowest BCUT2D eigenvalue weighted by molar-refractivity contribution is -0.130. The Morgan fingerprint density at radius 2 is 1.84 bits per heavy atom. The first-order chi connectivity index (χ1) is 11.8. The second kappa shape index (κ2) is 6.99. The standard InChI is InChI=1S/C16H22N4O4S/c1-12(21)19-5-7-20(8-6-19)16(22)15-3-2-13(10-17-15)18-14-4-9-25(23,24)11-14/h2-3,10,14,18H,4-9,11H2,1H3. The number of nitrogens with one attached hydrogen (secondary N) is 1. The van der Waals surface area contributed by atoms with Gasteiger partial charge in [0.1, 0.15) is 5.69 Å². The first-order valence-electron chi connectivity index (χ1n) is 8.32. The first kappa shape index (κ1) is 17.7. The number of hydrogen-bond donors (Lipinski definition) is 1. The molecule has 1 N–H and O–H groups in total. The normalized spacial score (nSPS) is 22.7. The van der Waals surface area contributed by atoms with Crippen molar-refractivity contribution in [2.24, 2.45) is 0 Å². The molecule has 1 atom stereocenters. The summed E-state index contributed by atoms with van der Waals surface area (Å²) in [6, 6.07) is 3.29. The first-order valence-corrected chi connectivity index (χ1v) is 10.1. The van der Waals surface area contributed by atoms with Gasteiger partial charge in [-0.25, -0.2) is 13.4 Å². The van der Waals surface area contributed by atoms with Gasteiger partial charge in [-0.1, -0.05) is 0 Å². The highest BCUT2D eigenvalue weighted by Crippen LogP contribution is 2.17. The lowest BCUT2D eigenvalue weighted by Gasteiger charge is -2.34. The van der Waals surface area contributed by atoms with Crippen LogP contribution in [-0.2, 0) is 14.6 Å². The van der Waals surface area contributed by atoms with E-state index < -0.39 is 9.84 Å². The highest BCUT2D eigenvalue weighted by Gasteiger charge is 2.28. The van der Waals surface area contributed by atoms with E-state index in [9.17, 15) is 18.0 Å². The molecule has 2 fully saturated rings. The number of anilines is 1. The van der Waals surface area contributed by atoms with Gasteiger partial charge in [0.05, 0.1) is 23.4 Å². The van der Waals surface area contributed by atoms with Gasteiger partial charge >= 0.3 is 0 Å². The summed E-state index contributed by atoms with van der Waals surface area (Å²) in [4.78, 5) is 31.4. The summed E-state index contributed by atoms with van der Waals surface area (Å²) in [5, 5.41) is 3.15. The van der Waals surface area contributed by atoms with Gasteiger partial charge in [-0.2, -0.15) is 0 Å². The number of sulfone groups is 1. The summed E-state index contributed by atoms with van der Waals surface area (Å²) in [7, 11) is -2.93. The molecule has 2 aliphatic rings. The van der Waals surface area contributed by atoms with Crippen molar-refractivity contribution in [3.8, 4) is 0 Å². The van der Waals surface area contributed by atoms with Gasteiger partial charge < -0.3 is 15.1 Å². The number of nitrogens with zero attached hydrogens (tertiary/aromatic N) is 3. The molecule has 0 aromatic carbocycles. The molecule has 0 radical (unpaired) electrons. The third-order valence-electron chi connectivity index (χ3n) is 4.60. The molecule has 1 aromatic heterocycles. The van der Waals surface area contributed by atoms with Gasteiger partial charge in [0, 0.05) is 39.1 Å². The van der Waals surface area contributed by atoms with E-state index in [1.807, 2.05) is 0 Å². The quantitative estimate of drug-likeness (QED) is 0.807. The molecule has 0 aliphatic carbocycles. The molecule has 1 aromatic rings. The largest absolute Gasteiger partial charge is 0.380 e. The Hall–Kier alpha value is -2.16. The number of carbonyl (C=O) groups excluding carboxylic acids is 2. The highest BCUT2D eigenvalue weighted by atomic mass is 32.2.